The van der Waals surface area contributed by atoms with Crippen molar-refractivity contribution in [3.05, 3.63) is 64.4 Å². The largest absolute Gasteiger partial charge is 0.497 e. The maximum atomic E-state index is 12.8. The molecular formula is C26H31N3O5S. The third-order valence-corrected chi connectivity index (χ3v) is 6.46. The predicted octanol–water partition coefficient (Wildman–Crippen LogP) is 4.53. The molecule has 8 nitrogen and oxygen atoms in total. The molecule has 2 aromatic carbocycles. The van der Waals surface area contributed by atoms with Crippen molar-refractivity contribution in [3.63, 3.8) is 0 Å². The Labute approximate surface area is 210 Å². The van der Waals surface area contributed by atoms with Crippen LogP contribution in [0.3, 0.4) is 0 Å². The molecule has 0 saturated heterocycles. The van der Waals surface area contributed by atoms with Gasteiger partial charge in [0.15, 0.2) is 5.17 Å². The van der Waals surface area contributed by atoms with E-state index >= 15 is 0 Å². The number of amides is 1. The highest BCUT2D eigenvalue weighted by Crippen LogP contribution is 2.39. The number of esters is 1. The highest BCUT2D eigenvalue weighted by atomic mass is 32.2. The molecule has 2 N–H and O–H groups in total. The number of rotatable bonds is 8. The van der Waals surface area contributed by atoms with E-state index in [1.54, 1.807) is 46.3 Å². The van der Waals surface area contributed by atoms with Crippen molar-refractivity contribution >= 4 is 34.5 Å². The Bertz CT molecular complexity index is 1180. The minimum absolute atomic E-state index is 0.142. The summed E-state index contributed by atoms with van der Waals surface area (Å²) in [5, 5.41) is 6.58. The summed E-state index contributed by atoms with van der Waals surface area (Å²) >= 11 is 1.25. The molecule has 186 valence electrons. The zero-order valence-corrected chi connectivity index (χ0v) is 21.7. The first kappa shape index (κ1) is 26.2. The number of aryl methyl sites for hydroxylation is 2. The van der Waals surface area contributed by atoms with Crippen molar-refractivity contribution in [1.29, 1.82) is 0 Å². The summed E-state index contributed by atoms with van der Waals surface area (Å²) in [6.07, 6.45) is 0. The summed E-state index contributed by atoms with van der Waals surface area (Å²) < 4.78 is 16.2. The molecule has 0 radical (unpaired) electrons. The number of amidine groups is 1. The molecular weight excluding hydrogens is 466 g/mol. The van der Waals surface area contributed by atoms with Crippen LogP contribution in [-0.2, 0) is 14.3 Å². The summed E-state index contributed by atoms with van der Waals surface area (Å²) in [4.78, 5) is 30.2. The lowest BCUT2D eigenvalue weighted by Gasteiger charge is -2.27. The fraction of sp³-hybridized carbons (Fsp3) is 0.346. The van der Waals surface area contributed by atoms with Crippen molar-refractivity contribution in [1.82, 2.24) is 5.32 Å². The van der Waals surface area contributed by atoms with E-state index in [9.17, 15) is 9.59 Å². The lowest BCUT2D eigenvalue weighted by atomic mass is 9.95. The van der Waals surface area contributed by atoms with Gasteiger partial charge < -0.3 is 24.8 Å². The van der Waals surface area contributed by atoms with E-state index in [-0.39, 0.29) is 18.3 Å². The number of hydrogen-bond donors (Lipinski definition) is 2. The first-order valence-corrected chi connectivity index (χ1v) is 12.2. The molecule has 1 amide bonds. The molecule has 1 aliphatic heterocycles. The van der Waals surface area contributed by atoms with E-state index < -0.39 is 12.0 Å². The smallest absolute Gasteiger partial charge is 0.338 e. The molecule has 0 aromatic heterocycles. The van der Waals surface area contributed by atoms with Crippen LogP contribution in [0.4, 0.5) is 5.69 Å². The lowest BCUT2D eigenvalue weighted by molar-refractivity contribution is -0.139. The third-order valence-electron chi connectivity index (χ3n) is 5.58. The number of hydrogen-bond acceptors (Lipinski definition) is 8. The van der Waals surface area contributed by atoms with Crippen LogP contribution >= 0.6 is 11.8 Å². The Morgan fingerprint density at radius 1 is 1.06 bits per heavy atom. The minimum Gasteiger partial charge on any atom is -0.497 e. The predicted molar refractivity (Wildman–Crippen MR) is 139 cm³/mol. The monoisotopic (exact) mass is 497 g/mol. The number of thioether (sulfide) groups is 1. The number of carbonyl (C=O) groups excluding carboxylic acids is 2. The van der Waals surface area contributed by atoms with Gasteiger partial charge in [-0.1, -0.05) is 17.8 Å². The van der Waals surface area contributed by atoms with Crippen molar-refractivity contribution in [2.75, 3.05) is 31.9 Å². The molecule has 0 unspecified atom stereocenters. The molecule has 1 atom stereocenters. The molecule has 1 heterocycles. The van der Waals surface area contributed by atoms with Crippen LogP contribution in [0.15, 0.2) is 52.7 Å². The zero-order valence-electron chi connectivity index (χ0n) is 20.9. The average Bonchev–Trinajstić information content (AvgIpc) is 2.84. The number of nitrogens with zero attached hydrogens (tertiary/aromatic N) is 1. The summed E-state index contributed by atoms with van der Waals surface area (Å²) in [5.41, 5.74) is 4.66. The lowest BCUT2D eigenvalue weighted by Crippen LogP contribution is -2.31. The van der Waals surface area contributed by atoms with Gasteiger partial charge in [0.2, 0.25) is 5.91 Å². The fourth-order valence-corrected chi connectivity index (χ4v) is 4.37. The molecule has 0 saturated carbocycles. The maximum Gasteiger partial charge on any atom is 0.338 e. The van der Waals surface area contributed by atoms with Crippen molar-refractivity contribution in [2.24, 2.45) is 4.99 Å². The van der Waals surface area contributed by atoms with Crippen LogP contribution in [0.25, 0.3) is 0 Å². The van der Waals surface area contributed by atoms with Gasteiger partial charge in [-0.15, -0.1) is 0 Å². The van der Waals surface area contributed by atoms with E-state index in [1.807, 2.05) is 32.0 Å². The molecule has 3 rings (SSSR count). The van der Waals surface area contributed by atoms with Gasteiger partial charge in [-0.25, -0.2) is 9.79 Å². The summed E-state index contributed by atoms with van der Waals surface area (Å²) in [5.74, 6) is 0.692. The van der Waals surface area contributed by atoms with Crippen LogP contribution in [-0.4, -0.2) is 43.6 Å². The SMILES string of the molecule is CCOC(=O)C1=C(C)NC(SCC(=O)Nc2ccc(C)c(C)c2)=N[C@@H]1c1cc(OC)ccc1OC. The Morgan fingerprint density at radius 3 is 2.49 bits per heavy atom. The van der Waals surface area contributed by atoms with Crippen LogP contribution in [0.5, 0.6) is 11.5 Å². The van der Waals surface area contributed by atoms with Gasteiger partial charge in [0.1, 0.15) is 17.5 Å². The Kier molecular flexibility index (Phi) is 8.81. The third kappa shape index (κ3) is 6.36. The van der Waals surface area contributed by atoms with Gasteiger partial charge in [0.05, 0.1) is 32.2 Å². The van der Waals surface area contributed by atoms with E-state index in [4.69, 9.17) is 19.2 Å². The Hall–Kier alpha value is -3.46. The second kappa shape index (κ2) is 11.8. The standard InChI is InChI=1S/C26H31N3O5S/c1-7-34-25(31)23-17(4)27-26(29-24(23)20-13-19(32-5)10-11-21(20)33-6)35-14-22(30)28-18-9-8-15(2)16(3)12-18/h8-13,24H,7,14H2,1-6H3,(H,27,29)(H,28,30)/t24-/m1/s1. The summed E-state index contributed by atoms with van der Waals surface area (Å²) in [6.45, 7) is 7.81. The molecule has 0 bridgehead atoms. The van der Waals surface area contributed by atoms with Crippen LogP contribution in [0, 0.1) is 13.8 Å². The molecule has 35 heavy (non-hydrogen) atoms. The average molecular weight is 498 g/mol. The van der Waals surface area contributed by atoms with E-state index in [0.717, 1.165) is 16.8 Å². The van der Waals surface area contributed by atoms with Gasteiger partial charge >= 0.3 is 5.97 Å². The quantitative estimate of drug-likeness (QED) is 0.517. The minimum atomic E-state index is -0.689. The highest BCUT2D eigenvalue weighted by Gasteiger charge is 2.32. The Balaban J connectivity index is 1.86. The van der Waals surface area contributed by atoms with Crippen LogP contribution < -0.4 is 20.1 Å². The number of carbonyl (C=O) groups is 2. The molecule has 1 aliphatic rings. The maximum absolute atomic E-state index is 12.8. The van der Waals surface area contributed by atoms with Gasteiger partial charge in [0.25, 0.3) is 0 Å². The summed E-state index contributed by atoms with van der Waals surface area (Å²) in [7, 11) is 3.13. The molecule has 0 spiro atoms. The summed E-state index contributed by atoms with van der Waals surface area (Å²) in [6, 6.07) is 10.4. The van der Waals surface area contributed by atoms with Gasteiger partial charge in [-0.05, 0) is 69.2 Å². The Morgan fingerprint density at radius 2 is 1.83 bits per heavy atom. The second-order valence-electron chi connectivity index (χ2n) is 7.96. The normalized spacial score (nSPS) is 15.1. The van der Waals surface area contributed by atoms with E-state index in [2.05, 4.69) is 10.6 Å². The molecule has 0 fully saturated rings. The van der Waals surface area contributed by atoms with Crippen molar-refractivity contribution in [2.45, 2.75) is 33.7 Å². The number of allylic oxidation sites excluding steroid dienone is 1. The van der Waals surface area contributed by atoms with Crippen molar-refractivity contribution in [3.8, 4) is 11.5 Å². The zero-order chi connectivity index (χ0) is 25.5. The van der Waals surface area contributed by atoms with Crippen LogP contribution in [0.1, 0.15) is 36.6 Å². The number of anilines is 1. The topological polar surface area (TPSA) is 98.2 Å². The molecule has 2 aromatic rings. The molecule has 0 aliphatic carbocycles. The highest BCUT2D eigenvalue weighted by molar-refractivity contribution is 8.14. The van der Waals surface area contributed by atoms with Crippen molar-refractivity contribution < 1.29 is 23.8 Å². The van der Waals surface area contributed by atoms with Crippen LogP contribution in [0.2, 0.25) is 0 Å². The fourth-order valence-electron chi connectivity index (χ4n) is 3.62. The first-order valence-electron chi connectivity index (χ1n) is 11.2. The number of nitrogens with one attached hydrogen (secondary N) is 2. The van der Waals surface area contributed by atoms with E-state index in [0.29, 0.717) is 33.5 Å². The number of aliphatic imine (C=N–C) groups is 1. The van der Waals surface area contributed by atoms with Gasteiger partial charge in [-0.3, -0.25) is 4.79 Å². The van der Waals surface area contributed by atoms with Gasteiger partial charge in [-0.2, -0.15) is 0 Å². The number of benzene rings is 2. The number of ether oxygens (including phenoxy) is 3. The first-order chi connectivity index (χ1) is 16.8. The van der Waals surface area contributed by atoms with Gasteiger partial charge in [0, 0.05) is 16.9 Å². The molecule has 9 heteroatoms. The number of methoxy groups -OCH3 is 2. The van der Waals surface area contributed by atoms with E-state index in [1.165, 1.54) is 11.8 Å². The second-order valence-corrected chi connectivity index (χ2v) is 8.93.